The summed E-state index contributed by atoms with van der Waals surface area (Å²) >= 11 is 0. The van der Waals surface area contributed by atoms with E-state index in [1.807, 2.05) is 42.5 Å². The molecular weight excluding hydrogens is 432 g/mol. The number of fused-ring (bicyclic) bond motifs is 4. The van der Waals surface area contributed by atoms with Crippen LogP contribution >= 0.6 is 0 Å². The number of benzene rings is 2. The molecule has 7 nitrogen and oxygen atoms in total. The molecule has 3 N–H and O–H groups in total. The highest BCUT2D eigenvalue weighted by atomic mass is 16.5. The van der Waals surface area contributed by atoms with Gasteiger partial charge in [0.2, 0.25) is 0 Å². The zero-order chi connectivity index (χ0) is 23.0. The lowest BCUT2D eigenvalue weighted by Gasteiger charge is -2.34. The Kier molecular flexibility index (Phi) is 7.09. The van der Waals surface area contributed by atoms with Gasteiger partial charge in [0.15, 0.2) is 5.78 Å². The first-order chi connectivity index (χ1) is 16.0. The Morgan fingerprint density at radius 3 is 2.47 bits per heavy atom. The SMILES string of the molecule is CC1(C)c2cc(OCCN3CCN(CCCO)CC3)ccc2C(=O)c2c1oc1ccccc21.O. The number of rotatable bonds is 7. The average Bonchev–Trinajstić information content (AvgIpc) is 3.23. The van der Waals surface area contributed by atoms with Crippen molar-refractivity contribution in [3.8, 4) is 5.75 Å². The first-order valence-corrected chi connectivity index (χ1v) is 11.9. The number of aliphatic hydroxyl groups is 1. The Morgan fingerprint density at radius 2 is 1.74 bits per heavy atom. The summed E-state index contributed by atoms with van der Waals surface area (Å²) in [6.45, 7) is 11.1. The molecule has 0 atom stereocenters. The van der Waals surface area contributed by atoms with Gasteiger partial charge in [-0.25, -0.2) is 0 Å². The molecule has 0 radical (unpaired) electrons. The molecule has 3 aromatic rings. The Morgan fingerprint density at radius 1 is 1.03 bits per heavy atom. The van der Waals surface area contributed by atoms with Crippen LogP contribution in [0.1, 0.15) is 47.5 Å². The molecule has 0 unspecified atom stereocenters. The second-order valence-electron chi connectivity index (χ2n) is 9.57. The average molecular weight is 467 g/mol. The smallest absolute Gasteiger partial charge is 0.197 e. The molecule has 34 heavy (non-hydrogen) atoms. The maximum absolute atomic E-state index is 13.4. The van der Waals surface area contributed by atoms with Crippen molar-refractivity contribution in [2.24, 2.45) is 0 Å². The summed E-state index contributed by atoms with van der Waals surface area (Å²) in [6.07, 6.45) is 0.843. The molecule has 7 heteroatoms. The molecule has 2 aromatic carbocycles. The third kappa shape index (κ3) is 4.36. The van der Waals surface area contributed by atoms with Crippen LogP contribution in [0.5, 0.6) is 5.75 Å². The quantitative estimate of drug-likeness (QED) is 0.575. The van der Waals surface area contributed by atoms with Crippen LogP contribution in [-0.4, -0.2) is 78.6 Å². The molecule has 0 bridgehead atoms. The Labute approximate surface area is 200 Å². The van der Waals surface area contributed by atoms with Crippen LogP contribution in [0.15, 0.2) is 46.9 Å². The maximum Gasteiger partial charge on any atom is 0.197 e. The van der Waals surface area contributed by atoms with Gasteiger partial charge in [-0.3, -0.25) is 9.69 Å². The molecule has 0 spiro atoms. The van der Waals surface area contributed by atoms with Gasteiger partial charge in [0.25, 0.3) is 0 Å². The summed E-state index contributed by atoms with van der Waals surface area (Å²) in [7, 11) is 0. The predicted molar refractivity (Wildman–Crippen MR) is 132 cm³/mol. The van der Waals surface area contributed by atoms with Crippen LogP contribution in [0.25, 0.3) is 11.0 Å². The van der Waals surface area contributed by atoms with E-state index in [2.05, 4.69) is 23.6 Å². The molecule has 2 heterocycles. The molecule has 1 fully saturated rings. The number of piperazine rings is 1. The largest absolute Gasteiger partial charge is 0.492 e. The molecule has 0 amide bonds. The Hall–Kier alpha value is -2.71. The van der Waals surface area contributed by atoms with Gasteiger partial charge in [-0.15, -0.1) is 0 Å². The molecule has 1 aliphatic carbocycles. The lowest BCUT2D eigenvalue weighted by molar-refractivity contribution is 0.102. The fraction of sp³-hybridized carbons (Fsp3) is 0.444. The monoisotopic (exact) mass is 466 g/mol. The lowest BCUT2D eigenvalue weighted by Crippen LogP contribution is -2.47. The lowest BCUT2D eigenvalue weighted by atomic mass is 9.72. The first-order valence-electron chi connectivity index (χ1n) is 11.9. The second-order valence-corrected chi connectivity index (χ2v) is 9.57. The summed E-state index contributed by atoms with van der Waals surface area (Å²) < 4.78 is 12.3. The molecule has 182 valence electrons. The Bertz CT molecular complexity index is 1160. The van der Waals surface area contributed by atoms with Gasteiger partial charge in [0.05, 0.1) is 5.56 Å². The van der Waals surface area contributed by atoms with Crippen LogP contribution in [-0.2, 0) is 5.41 Å². The van der Waals surface area contributed by atoms with E-state index in [0.29, 0.717) is 12.2 Å². The molecule has 1 aromatic heterocycles. The topological polar surface area (TPSA) is 97.7 Å². The number of ketones is 1. The minimum atomic E-state index is -0.429. The van der Waals surface area contributed by atoms with E-state index in [4.69, 9.17) is 14.3 Å². The zero-order valence-corrected chi connectivity index (χ0v) is 20.0. The third-order valence-electron chi connectivity index (χ3n) is 7.07. The highest BCUT2D eigenvalue weighted by Gasteiger charge is 2.41. The van der Waals surface area contributed by atoms with Crippen molar-refractivity contribution in [3.63, 3.8) is 0 Å². The van der Waals surface area contributed by atoms with E-state index < -0.39 is 5.41 Å². The molecular formula is C27H34N2O5. The van der Waals surface area contributed by atoms with Gasteiger partial charge in [-0.2, -0.15) is 0 Å². The van der Waals surface area contributed by atoms with Crippen LogP contribution in [0.3, 0.4) is 0 Å². The van der Waals surface area contributed by atoms with Gasteiger partial charge in [-0.1, -0.05) is 18.2 Å². The van der Waals surface area contributed by atoms with Gasteiger partial charge < -0.3 is 24.6 Å². The molecule has 0 saturated carbocycles. The van der Waals surface area contributed by atoms with Crippen molar-refractivity contribution in [1.82, 2.24) is 9.80 Å². The number of para-hydroxylation sites is 1. The van der Waals surface area contributed by atoms with Crippen molar-refractivity contribution in [3.05, 3.63) is 64.9 Å². The third-order valence-corrected chi connectivity index (χ3v) is 7.07. The number of furan rings is 1. The minimum Gasteiger partial charge on any atom is -0.492 e. The first kappa shape index (κ1) is 24.4. The number of hydrogen-bond donors (Lipinski definition) is 1. The molecule has 2 aliphatic rings. The molecule has 1 saturated heterocycles. The van der Waals surface area contributed by atoms with Crippen LogP contribution in [0.4, 0.5) is 0 Å². The van der Waals surface area contributed by atoms with Crippen molar-refractivity contribution >= 4 is 16.8 Å². The number of ether oxygens (including phenoxy) is 1. The standard InChI is InChI=1S/C27H32N2O4.H2O/c1-27(2)22-18-19(32-17-15-29-13-11-28(12-14-29)10-5-16-30)8-9-20(22)25(31)24-21-6-3-4-7-23(21)33-26(24)27;/h3-4,6-9,18,30H,5,10-17H2,1-2H3;1H2. The normalized spacial score (nSPS) is 17.8. The number of nitrogens with zero attached hydrogens (tertiary/aromatic N) is 2. The highest BCUT2D eigenvalue weighted by molar-refractivity contribution is 6.19. The van der Waals surface area contributed by atoms with Gasteiger partial charge in [-0.05, 0) is 50.1 Å². The maximum atomic E-state index is 13.4. The highest BCUT2D eigenvalue weighted by Crippen LogP contribution is 2.46. The summed E-state index contributed by atoms with van der Waals surface area (Å²) in [5.74, 6) is 1.54. The summed E-state index contributed by atoms with van der Waals surface area (Å²) in [5.41, 5.74) is 2.70. The van der Waals surface area contributed by atoms with E-state index in [-0.39, 0.29) is 17.9 Å². The van der Waals surface area contributed by atoms with Crippen LogP contribution in [0.2, 0.25) is 0 Å². The van der Waals surface area contributed by atoms with E-state index in [1.54, 1.807) is 0 Å². The summed E-state index contributed by atoms with van der Waals surface area (Å²) in [4.78, 5) is 18.2. The van der Waals surface area contributed by atoms with Crippen LogP contribution < -0.4 is 4.74 Å². The van der Waals surface area contributed by atoms with Crippen molar-refractivity contribution in [2.45, 2.75) is 25.7 Å². The summed E-state index contributed by atoms with van der Waals surface area (Å²) in [6, 6.07) is 13.6. The van der Waals surface area contributed by atoms with Gasteiger partial charge >= 0.3 is 0 Å². The Balaban J connectivity index is 0.00000274. The van der Waals surface area contributed by atoms with Crippen molar-refractivity contribution in [2.75, 3.05) is 52.5 Å². The van der Waals surface area contributed by atoms with Crippen LogP contribution in [0, 0.1) is 0 Å². The van der Waals surface area contributed by atoms with Gasteiger partial charge in [0.1, 0.15) is 23.7 Å². The fourth-order valence-corrected chi connectivity index (χ4v) is 5.12. The van der Waals surface area contributed by atoms with Crippen molar-refractivity contribution < 1.29 is 24.5 Å². The van der Waals surface area contributed by atoms with E-state index in [0.717, 1.165) is 79.3 Å². The number of carbonyl (C=O) groups excluding carboxylic acids is 1. The summed E-state index contributed by atoms with van der Waals surface area (Å²) in [5, 5.41) is 9.88. The number of aliphatic hydroxyl groups excluding tert-OH is 1. The van der Waals surface area contributed by atoms with E-state index >= 15 is 0 Å². The number of carbonyl (C=O) groups is 1. The minimum absolute atomic E-state index is 0. The second kappa shape index (κ2) is 9.88. The van der Waals surface area contributed by atoms with E-state index in [1.165, 1.54) is 0 Å². The molecule has 1 aliphatic heterocycles. The van der Waals surface area contributed by atoms with E-state index in [9.17, 15) is 4.79 Å². The zero-order valence-electron chi connectivity index (χ0n) is 20.0. The van der Waals surface area contributed by atoms with Crippen molar-refractivity contribution in [1.29, 1.82) is 0 Å². The predicted octanol–water partition coefficient (Wildman–Crippen LogP) is 2.86. The fourth-order valence-electron chi connectivity index (χ4n) is 5.12. The molecule has 5 rings (SSSR count). The van der Waals surface area contributed by atoms with Gasteiger partial charge in [0, 0.05) is 62.2 Å². The number of hydrogen-bond acceptors (Lipinski definition) is 6.